The first kappa shape index (κ1) is 18.8. The highest BCUT2D eigenvalue weighted by atomic mass is 19.1. The number of aliphatic carboxylic acids is 1. The van der Waals surface area contributed by atoms with Gasteiger partial charge in [0.2, 0.25) is 5.67 Å². The van der Waals surface area contributed by atoms with E-state index in [2.05, 4.69) is 5.32 Å². The summed E-state index contributed by atoms with van der Waals surface area (Å²) in [6.45, 7) is 1.14. The molecule has 1 atom stereocenters. The van der Waals surface area contributed by atoms with E-state index in [4.69, 9.17) is 0 Å². The molecular formula is C21H20FNO4. The largest absolute Gasteiger partial charge is 0.478 e. The predicted molar refractivity (Wildman–Crippen MR) is 98.3 cm³/mol. The number of hydrogen-bond donors (Lipinski definition) is 2. The minimum Gasteiger partial charge on any atom is -0.478 e. The molecule has 0 heterocycles. The first-order chi connectivity index (χ1) is 12.8. The van der Waals surface area contributed by atoms with Crippen LogP contribution in [0.3, 0.4) is 0 Å². The maximum absolute atomic E-state index is 15.6. The molecule has 0 saturated carbocycles. The molecule has 27 heavy (non-hydrogen) atoms. The zero-order valence-electron chi connectivity index (χ0n) is 14.9. The summed E-state index contributed by atoms with van der Waals surface area (Å²) in [5.74, 6) is -2.51. The van der Waals surface area contributed by atoms with Crippen LogP contribution in [0.4, 0.5) is 4.39 Å². The van der Waals surface area contributed by atoms with Gasteiger partial charge >= 0.3 is 5.97 Å². The zero-order valence-corrected chi connectivity index (χ0v) is 14.9. The monoisotopic (exact) mass is 369 g/mol. The Labute approximate surface area is 156 Å². The van der Waals surface area contributed by atoms with E-state index in [1.165, 1.54) is 6.08 Å². The fraction of sp³-hybridized carbons (Fsp3) is 0.286. The van der Waals surface area contributed by atoms with Gasteiger partial charge in [-0.2, -0.15) is 0 Å². The Kier molecular flexibility index (Phi) is 5.08. The van der Waals surface area contributed by atoms with E-state index >= 15 is 4.39 Å². The Morgan fingerprint density at radius 2 is 1.74 bits per heavy atom. The zero-order chi connectivity index (χ0) is 19.6. The molecule has 2 aliphatic rings. The lowest BCUT2D eigenvalue weighted by Crippen LogP contribution is -2.44. The van der Waals surface area contributed by atoms with Crippen molar-refractivity contribution in [2.24, 2.45) is 0 Å². The summed E-state index contributed by atoms with van der Waals surface area (Å²) in [5.41, 5.74) is -0.864. The second-order valence-corrected chi connectivity index (χ2v) is 6.74. The van der Waals surface area contributed by atoms with E-state index in [1.807, 2.05) is 30.3 Å². The lowest BCUT2D eigenvalue weighted by atomic mass is 9.82. The molecule has 1 aromatic carbocycles. The Bertz CT molecular complexity index is 898. The van der Waals surface area contributed by atoms with Crippen molar-refractivity contribution in [1.82, 2.24) is 5.32 Å². The molecule has 140 valence electrons. The molecule has 2 aliphatic carbocycles. The maximum atomic E-state index is 15.6. The van der Waals surface area contributed by atoms with Crippen LogP contribution in [-0.2, 0) is 14.4 Å². The molecule has 0 aliphatic heterocycles. The third-order valence-electron chi connectivity index (χ3n) is 5.01. The molecule has 0 saturated heterocycles. The van der Waals surface area contributed by atoms with Gasteiger partial charge in [0.25, 0.3) is 5.91 Å². The maximum Gasteiger partial charge on any atom is 0.332 e. The van der Waals surface area contributed by atoms with Crippen molar-refractivity contribution in [3.05, 3.63) is 64.9 Å². The van der Waals surface area contributed by atoms with Crippen molar-refractivity contribution < 1.29 is 23.9 Å². The number of carboxylic acid groups (broad SMARTS) is 1. The van der Waals surface area contributed by atoms with Crippen LogP contribution in [-0.4, -0.2) is 28.4 Å². The van der Waals surface area contributed by atoms with Gasteiger partial charge in [-0.15, -0.1) is 0 Å². The number of carbonyl (C=O) groups is 3. The third kappa shape index (κ3) is 3.60. The molecule has 0 spiro atoms. The summed E-state index contributed by atoms with van der Waals surface area (Å²) >= 11 is 0. The van der Waals surface area contributed by atoms with Crippen molar-refractivity contribution in [3.8, 4) is 0 Å². The molecule has 0 aromatic heterocycles. The second-order valence-electron chi connectivity index (χ2n) is 6.74. The summed E-state index contributed by atoms with van der Waals surface area (Å²) in [7, 11) is 0. The summed E-state index contributed by atoms with van der Waals surface area (Å²) in [4.78, 5) is 35.9. The van der Waals surface area contributed by atoms with Gasteiger partial charge in [0, 0.05) is 17.6 Å². The van der Waals surface area contributed by atoms with Crippen molar-refractivity contribution in [3.63, 3.8) is 0 Å². The van der Waals surface area contributed by atoms with Crippen LogP contribution >= 0.6 is 0 Å². The summed E-state index contributed by atoms with van der Waals surface area (Å²) in [6, 6.07) is 9.14. The number of benzene rings is 1. The highest BCUT2D eigenvalue weighted by Gasteiger charge is 2.43. The van der Waals surface area contributed by atoms with E-state index in [0.29, 0.717) is 24.8 Å². The minimum absolute atomic E-state index is 0.0525. The van der Waals surface area contributed by atoms with Gasteiger partial charge in [-0.1, -0.05) is 36.4 Å². The van der Waals surface area contributed by atoms with E-state index < -0.39 is 23.3 Å². The van der Waals surface area contributed by atoms with Gasteiger partial charge in [-0.05, 0) is 43.4 Å². The lowest BCUT2D eigenvalue weighted by molar-refractivity contribution is -0.133. The fourth-order valence-corrected chi connectivity index (χ4v) is 3.47. The number of rotatable bonds is 5. The highest BCUT2D eigenvalue weighted by Crippen LogP contribution is 2.37. The van der Waals surface area contributed by atoms with Crippen LogP contribution < -0.4 is 5.32 Å². The average molecular weight is 369 g/mol. The summed E-state index contributed by atoms with van der Waals surface area (Å²) < 4.78 is 15.6. The van der Waals surface area contributed by atoms with Gasteiger partial charge in [-0.3, -0.25) is 9.59 Å². The van der Waals surface area contributed by atoms with Crippen LogP contribution in [0.2, 0.25) is 0 Å². The van der Waals surface area contributed by atoms with E-state index in [1.54, 1.807) is 6.08 Å². The highest BCUT2D eigenvalue weighted by molar-refractivity contribution is 6.04. The van der Waals surface area contributed by atoms with Gasteiger partial charge in [0.1, 0.15) is 0 Å². The average Bonchev–Trinajstić information content (AvgIpc) is 3.14. The number of Topliss-reactive ketones (excluding diaryl/α,β-unsaturated/α-hetero) is 1. The van der Waals surface area contributed by atoms with Gasteiger partial charge in [0.05, 0.1) is 5.70 Å². The van der Waals surface area contributed by atoms with E-state index in [9.17, 15) is 19.5 Å². The number of hydrogen-bond acceptors (Lipinski definition) is 3. The van der Waals surface area contributed by atoms with E-state index in [0.717, 1.165) is 12.5 Å². The number of nitrogens with one attached hydrogen (secondary N) is 1. The summed E-state index contributed by atoms with van der Waals surface area (Å²) in [5, 5.41) is 11.7. The molecular weight excluding hydrogens is 349 g/mol. The SMILES string of the molecule is CC(=O)C1(F)CC(c2ccccc2)=CC=C1NC(=O)C1=C(C(=O)O)CCC1. The number of carboxylic acids is 1. The number of alkyl halides is 1. The molecule has 0 radical (unpaired) electrons. The predicted octanol–water partition coefficient (Wildman–Crippen LogP) is 3.34. The molecule has 0 bridgehead atoms. The van der Waals surface area contributed by atoms with Gasteiger partial charge < -0.3 is 10.4 Å². The number of allylic oxidation sites excluding steroid dienone is 4. The molecule has 1 unspecified atom stereocenters. The first-order valence-electron chi connectivity index (χ1n) is 8.76. The topological polar surface area (TPSA) is 83.5 Å². The summed E-state index contributed by atoms with van der Waals surface area (Å²) in [6.07, 6.45) is 4.07. The number of amides is 1. The Morgan fingerprint density at radius 1 is 1.07 bits per heavy atom. The molecule has 1 aromatic rings. The van der Waals surface area contributed by atoms with Crippen LogP contribution in [0, 0.1) is 0 Å². The molecule has 1 amide bonds. The van der Waals surface area contributed by atoms with Gasteiger partial charge in [0.15, 0.2) is 5.78 Å². The lowest BCUT2D eigenvalue weighted by Gasteiger charge is -2.30. The normalized spacial score (nSPS) is 22.1. The van der Waals surface area contributed by atoms with E-state index in [-0.39, 0.29) is 23.3 Å². The molecule has 2 N–H and O–H groups in total. The van der Waals surface area contributed by atoms with Crippen molar-refractivity contribution in [2.45, 2.75) is 38.3 Å². The van der Waals surface area contributed by atoms with Gasteiger partial charge in [-0.25, -0.2) is 9.18 Å². The number of ketones is 1. The molecule has 0 fully saturated rings. The smallest absolute Gasteiger partial charge is 0.332 e. The van der Waals surface area contributed by atoms with Crippen molar-refractivity contribution >= 4 is 23.2 Å². The van der Waals surface area contributed by atoms with Crippen LogP contribution in [0.1, 0.15) is 38.2 Å². The fourth-order valence-electron chi connectivity index (χ4n) is 3.47. The Balaban J connectivity index is 1.93. The number of carbonyl (C=O) groups excluding carboxylic acids is 2. The molecule has 6 heteroatoms. The Hall–Kier alpha value is -3.02. The standard InChI is InChI=1S/C21H20FNO4/c1-13(24)21(22)12-15(14-6-3-2-4-7-14)10-11-18(21)23-19(25)16-8-5-9-17(16)20(26)27/h2-4,6-7,10-11H,5,8-9,12H2,1H3,(H,23,25)(H,26,27). The van der Waals surface area contributed by atoms with Crippen molar-refractivity contribution in [1.29, 1.82) is 0 Å². The van der Waals surface area contributed by atoms with Crippen LogP contribution in [0.25, 0.3) is 5.57 Å². The quantitative estimate of drug-likeness (QED) is 0.834. The molecule has 5 nitrogen and oxygen atoms in total. The van der Waals surface area contributed by atoms with Crippen molar-refractivity contribution in [2.75, 3.05) is 0 Å². The third-order valence-corrected chi connectivity index (χ3v) is 5.01. The second kappa shape index (κ2) is 7.31. The van der Waals surface area contributed by atoms with Crippen LogP contribution in [0.5, 0.6) is 0 Å². The number of halogens is 1. The minimum atomic E-state index is -2.36. The van der Waals surface area contributed by atoms with Crippen LogP contribution in [0.15, 0.2) is 59.3 Å². The first-order valence-corrected chi connectivity index (χ1v) is 8.76. The Morgan fingerprint density at radius 3 is 2.37 bits per heavy atom. The molecule has 3 rings (SSSR count).